The highest BCUT2D eigenvalue weighted by Gasteiger charge is 2.28. The van der Waals surface area contributed by atoms with Crippen LogP contribution in [0.4, 0.5) is 5.82 Å². The molecule has 0 saturated heterocycles. The van der Waals surface area contributed by atoms with Gasteiger partial charge >= 0.3 is 0 Å². The number of benzene rings is 2. The molecule has 5 rings (SSSR count). The highest BCUT2D eigenvalue weighted by atomic mass is 35.5. The number of halogens is 1. The molecule has 0 radical (unpaired) electrons. The van der Waals surface area contributed by atoms with Crippen molar-refractivity contribution in [1.29, 1.82) is 0 Å². The van der Waals surface area contributed by atoms with Gasteiger partial charge < -0.3 is 10.8 Å². The van der Waals surface area contributed by atoms with E-state index in [9.17, 15) is 5.11 Å². The Morgan fingerprint density at radius 1 is 1.04 bits per heavy atom. The number of nitrogen functional groups attached to an aromatic ring is 1. The first-order valence-corrected chi connectivity index (χ1v) is 9.22. The van der Waals surface area contributed by atoms with Gasteiger partial charge in [0.15, 0.2) is 11.5 Å². The molecule has 6 heteroatoms. The molecule has 0 bridgehead atoms. The Balaban J connectivity index is 1.86. The lowest BCUT2D eigenvalue weighted by atomic mass is 10.0. The summed E-state index contributed by atoms with van der Waals surface area (Å²) in [5.74, 6) is 0.945. The van der Waals surface area contributed by atoms with Gasteiger partial charge in [0.05, 0.1) is 22.1 Å². The van der Waals surface area contributed by atoms with Crippen molar-refractivity contribution in [2.75, 3.05) is 5.73 Å². The second-order valence-electron chi connectivity index (χ2n) is 6.86. The van der Waals surface area contributed by atoms with Gasteiger partial charge in [-0.3, -0.25) is 4.40 Å². The van der Waals surface area contributed by atoms with Crippen molar-refractivity contribution in [3.63, 3.8) is 0 Å². The lowest BCUT2D eigenvalue weighted by Gasteiger charge is -2.14. The molecular weight excluding hydrogens is 360 g/mol. The van der Waals surface area contributed by atoms with Crippen LogP contribution in [0.5, 0.6) is 5.75 Å². The fourth-order valence-electron chi connectivity index (χ4n) is 3.39. The number of imidazole rings is 1. The SMILES string of the molecule is Nc1nc(-c2ccccc2)c(-c2ccc(O)c(Cl)c2)n2cc(C3CC3)nc12. The number of phenols is 1. The summed E-state index contributed by atoms with van der Waals surface area (Å²) in [5.41, 5.74) is 11.4. The first kappa shape index (κ1) is 16.1. The monoisotopic (exact) mass is 376 g/mol. The fourth-order valence-corrected chi connectivity index (χ4v) is 3.57. The molecule has 0 unspecified atom stereocenters. The van der Waals surface area contributed by atoms with Crippen molar-refractivity contribution < 1.29 is 5.11 Å². The maximum atomic E-state index is 9.83. The molecule has 27 heavy (non-hydrogen) atoms. The number of fused-ring (bicyclic) bond motifs is 1. The van der Waals surface area contributed by atoms with Crippen molar-refractivity contribution in [3.8, 4) is 28.3 Å². The van der Waals surface area contributed by atoms with Crippen LogP contribution in [0.3, 0.4) is 0 Å². The second-order valence-corrected chi connectivity index (χ2v) is 7.27. The molecule has 4 aromatic rings. The van der Waals surface area contributed by atoms with Crippen molar-refractivity contribution in [3.05, 3.63) is 65.4 Å². The minimum Gasteiger partial charge on any atom is -0.506 e. The molecule has 1 aliphatic carbocycles. The third-order valence-corrected chi connectivity index (χ3v) is 5.22. The molecule has 0 atom stereocenters. The summed E-state index contributed by atoms with van der Waals surface area (Å²) in [5, 5.41) is 10.1. The molecule has 0 amide bonds. The largest absolute Gasteiger partial charge is 0.506 e. The van der Waals surface area contributed by atoms with Gasteiger partial charge in [0, 0.05) is 23.2 Å². The van der Waals surface area contributed by atoms with Crippen LogP contribution in [0.25, 0.3) is 28.2 Å². The van der Waals surface area contributed by atoms with E-state index in [0.717, 1.165) is 41.1 Å². The highest BCUT2D eigenvalue weighted by Crippen LogP contribution is 2.42. The third-order valence-electron chi connectivity index (χ3n) is 4.92. The second kappa shape index (κ2) is 5.99. The zero-order valence-electron chi connectivity index (χ0n) is 14.4. The van der Waals surface area contributed by atoms with E-state index in [0.29, 0.717) is 22.4 Å². The number of hydrogen-bond acceptors (Lipinski definition) is 4. The van der Waals surface area contributed by atoms with Crippen LogP contribution in [0.2, 0.25) is 5.02 Å². The Bertz CT molecular complexity index is 1170. The van der Waals surface area contributed by atoms with Gasteiger partial charge in [-0.2, -0.15) is 0 Å². The summed E-state index contributed by atoms with van der Waals surface area (Å²) in [7, 11) is 0. The molecule has 0 aliphatic heterocycles. The zero-order valence-corrected chi connectivity index (χ0v) is 15.2. The molecule has 1 fully saturated rings. The fraction of sp³-hybridized carbons (Fsp3) is 0.143. The van der Waals surface area contributed by atoms with Crippen molar-refractivity contribution in [1.82, 2.24) is 14.4 Å². The summed E-state index contributed by atoms with van der Waals surface area (Å²) in [6.07, 6.45) is 4.36. The molecule has 1 saturated carbocycles. The molecule has 5 nitrogen and oxygen atoms in total. The summed E-state index contributed by atoms with van der Waals surface area (Å²) in [4.78, 5) is 9.41. The van der Waals surface area contributed by atoms with Gasteiger partial charge in [0.2, 0.25) is 0 Å². The predicted octanol–water partition coefficient (Wildman–Crippen LogP) is 4.88. The summed E-state index contributed by atoms with van der Waals surface area (Å²) in [6, 6.07) is 15.1. The van der Waals surface area contributed by atoms with E-state index in [1.165, 1.54) is 0 Å². The quantitative estimate of drug-likeness (QED) is 0.534. The van der Waals surface area contributed by atoms with E-state index < -0.39 is 0 Å². The number of aromatic hydroxyl groups is 1. The Labute approximate surface area is 161 Å². The lowest BCUT2D eigenvalue weighted by Crippen LogP contribution is -2.03. The molecule has 1 aliphatic rings. The maximum absolute atomic E-state index is 9.83. The topological polar surface area (TPSA) is 76.4 Å². The van der Waals surface area contributed by atoms with Gasteiger partial charge in [-0.15, -0.1) is 0 Å². The standard InChI is InChI=1S/C21H17ClN4O/c22-15-10-14(8-9-17(15)27)19-18(13-4-2-1-3-5-13)25-20(23)21-24-16(11-26(19)21)12-6-7-12/h1-5,8-12,27H,6-7H2,(H2,23,25). The summed E-state index contributed by atoms with van der Waals surface area (Å²) in [6.45, 7) is 0. The average Bonchev–Trinajstić information content (AvgIpc) is 3.43. The lowest BCUT2D eigenvalue weighted by molar-refractivity contribution is 0.475. The normalized spacial score (nSPS) is 14.0. The summed E-state index contributed by atoms with van der Waals surface area (Å²) < 4.78 is 2.00. The van der Waals surface area contributed by atoms with E-state index in [4.69, 9.17) is 22.3 Å². The molecule has 2 heterocycles. The highest BCUT2D eigenvalue weighted by molar-refractivity contribution is 6.32. The van der Waals surface area contributed by atoms with E-state index >= 15 is 0 Å². The predicted molar refractivity (Wildman–Crippen MR) is 107 cm³/mol. The first-order valence-electron chi connectivity index (χ1n) is 8.84. The zero-order chi connectivity index (χ0) is 18.5. The van der Waals surface area contributed by atoms with Gasteiger partial charge in [0.25, 0.3) is 0 Å². The van der Waals surface area contributed by atoms with Crippen molar-refractivity contribution >= 4 is 23.1 Å². The Morgan fingerprint density at radius 3 is 2.52 bits per heavy atom. The van der Waals surface area contributed by atoms with Crippen LogP contribution in [0, 0.1) is 0 Å². The van der Waals surface area contributed by atoms with Crippen LogP contribution >= 0.6 is 11.6 Å². The number of nitrogens with zero attached hydrogens (tertiary/aromatic N) is 3. The summed E-state index contributed by atoms with van der Waals surface area (Å²) >= 11 is 6.19. The van der Waals surface area contributed by atoms with Gasteiger partial charge in [-0.1, -0.05) is 41.9 Å². The number of phenolic OH excluding ortho intramolecular Hbond substituents is 1. The van der Waals surface area contributed by atoms with E-state index in [2.05, 4.69) is 4.98 Å². The number of nitrogens with two attached hydrogens (primary N) is 1. The number of hydrogen-bond donors (Lipinski definition) is 2. The molecule has 3 N–H and O–H groups in total. The smallest absolute Gasteiger partial charge is 0.180 e. The van der Waals surface area contributed by atoms with Gasteiger partial charge in [0.1, 0.15) is 5.75 Å². The van der Waals surface area contributed by atoms with Crippen LogP contribution in [-0.2, 0) is 0 Å². The maximum Gasteiger partial charge on any atom is 0.180 e. The molecule has 0 spiro atoms. The molecular formula is C21H17ClN4O. The number of rotatable bonds is 3. The van der Waals surface area contributed by atoms with E-state index in [1.807, 2.05) is 47.0 Å². The van der Waals surface area contributed by atoms with E-state index in [-0.39, 0.29) is 5.75 Å². The third kappa shape index (κ3) is 2.71. The van der Waals surface area contributed by atoms with Gasteiger partial charge in [-0.05, 0) is 31.0 Å². The number of aromatic nitrogens is 3. The molecule has 2 aromatic heterocycles. The Hall–Kier alpha value is -3.05. The number of anilines is 1. The van der Waals surface area contributed by atoms with Crippen LogP contribution < -0.4 is 5.73 Å². The van der Waals surface area contributed by atoms with Crippen LogP contribution in [-0.4, -0.2) is 19.5 Å². The first-order chi connectivity index (χ1) is 13.1. The Kier molecular flexibility index (Phi) is 3.58. The Morgan fingerprint density at radius 2 is 1.81 bits per heavy atom. The van der Waals surface area contributed by atoms with Crippen LogP contribution in [0.15, 0.2) is 54.7 Å². The molecule has 2 aromatic carbocycles. The van der Waals surface area contributed by atoms with Crippen LogP contribution in [0.1, 0.15) is 24.5 Å². The molecule has 134 valence electrons. The van der Waals surface area contributed by atoms with Gasteiger partial charge in [-0.25, -0.2) is 9.97 Å². The average molecular weight is 377 g/mol. The van der Waals surface area contributed by atoms with Crippen molar-refractivity contribution in [2.45, 2.75) is 18.8 Å². The minimum atomic E-state index is 0.0469. The van der Waals surface area contributed by atoms with Crippen molar-refractivity contribution in [2.24, 2.45) is 0 Å². The van der Waals surface area contributed by atoms with E-state index in [1.54, 1.807) is 12.1 Å². The minimum absolute atomic E-state index is 0.0469.